The van der Waals surface area contributed by atoms with E-state index in [1.807, 2.05) is 25.1 Å². The summed E-state index contributed by atoms with van der Waals surface area (Å²) in [5.41, 5.74) is 1.80. The second-order valence-corrected chi connectivity index (χ2v) is 6.34. The third kappa shape index (κ3) is 4.46. The summed E-state index contributed by atoms with van der Waals surface area (Å²) in [6.07, 6.45) is 1.68. The Kier molecular flexibility index (Phi) is 5.22. The number of nitrogens with one attached hydrogen (secondary N) is 1. The minimum absolute atomic E-state index is 0.113. The van der Waals surface area contributed by atoms with E-state index < -0.39 is 5.97 Å². The Morgan fingerprint density at radius 1 is 1.48 bits per heavy atom. The maximum Gasteiger partial charge on any atom is 0.321 e. The molecule has 1 aliphatic heterocycles. The fraction of sp³-hybridized carbons (Fsp3) is 0.467. The maximum atomic E-state index is 12.2. The molecule has 1 aromatic rings. The van der Waals surface area contributed by atoms with Gasteiger partial charge in [-0.2, -0.15) is 0 Å². The number of aliphatic carboxylic acids is 1. The van der Waals surface area contributed by atoms with Crippen molar-refractivity contribution >= 4 is 33.6 Å². The third-order valence-corrected chi connectivity index (χ3v) is 4.26. The fourth-order valence-electron chi connectivity index (χ4n) is 2.54. The number of benzene rings is 1. The lowest BCUT2D eigenvalue weighted by molar-refractivity contribution is -0.137. The van der Waals surface area contributed by atoms with Crippen LogP contribution in [0.15, 0.2) is 22.7 Å². The Morgan fingerprint density at radius 2 is 2.24 bits per heavy atom. The van der Waals surface area contributed by atoms with Gasteiger partial charge < -0.3 is 15.3 Å². The number of carbonyl (C=O) groups is 2. The van der Waals surface area contributed by atoms with Gasteiger partial charge in [-0.15, -0.1) is 0 Å². The minimum atomic E-state index is -0.775. The van der Waals surface area contributed by atoms with Crippen LogP contribution in [0.2, 0.25) is 0 Å². The summed E-state index contributed by atoms with van der Waals surface area (Å²) < 4.78 is 0.980. The van der Waals surface area contributed by atoms with Crippen LogP contribution in [0, 0.1) is 12.8 Å². The molecule has 1 saturated heterocycles. The van der Waals surface area contributed by atoms with Gasteiger partial charge in [0, 0.05) is 29.7 Å². The molecule has 21 heavy (non-hydrogen) atoms. The Hall–Kier alpha value is -1.56. The zero-order valence-corrected chi connectivity index (χ0v) is 13.5. The molecule has 6 heteroatoms. The molecule has 0 aromatic heterocycles. The second-order valence-electron chi connectivity index (χ2n) is 5.42. The van der Waals surface area contributed by atoms with Crippen LogP contribution in [0.25, 0.3) is 0 Å². The second kappa shape index (κ2) is 6.93. The number of anilines is 1. The van der Waals surface area contributed by atoms with E-state index in [0.717, 1.165) is 22.1 Å². The highest BCUT2D eigenvalue weighted by atomic mass is 79.9. The van der Waals surface area contributed by atoms with Gasteiger partial charge in [-0.1, -0.05) is 15.9 Å². The number of hydrogen-bond acceptors (Lipinski definition) is 2. The predicted octanol–water partition coefficient (Wildman–Crippen LogP) is 3.48. The number of aryl methyl sites for hydroxylation is 1. The SMILES string of the molecule is Cc1cc(Br)ccc1NC(=O)N1CCC(CCC(=O)O)C1. The molecule has 2 N–H and O–H groups in total. The number of carboxylic acid groups (broad SMARTS) is 1. The van der Waals surface area contributed by atoms with Gasteiger partial charge in [0.1, 0.15) is 0 Å². The van der Waals surface area contributed by atoms with Crippen molar-refractivity contribution in [1.82, 2.24) is 4.90 Å². The van der Waals surface area contributed by atoms with Gasteiger partial charge in [-0.3, -0.25) is 4.79 Å². The summed E-state index contributed by atoms with van der Waals surface area (Å²) >= 11 is 3.39. The zero-order chi connectivity index (χ0) is 15.4. The van der Waals surface area contributed by atoms with Crippen molar-refractivity contribution in [3.8, 4) is 0 Å². The first-order valence-electron chi connectivity index (χ1n) is 6.99. The monoisotopic (exact) mass is 354 g/mol. The van der Waals surface area contributed by atoms with Gasteiger partial charge in [0.05, 0.1) is 0 Å². The van der Waals surface area contributed by atoms with E-state index in [1.54, 1.807) is 4.90 Å². The van der Waals surface area contributed by atoms with Gasteiger partial charge in [-0.25, -0.2) is 4.79 Å². The van der Waals surface area contributed by atoms with Crippen LogP contribution < -0.4 is 5.32 Å². The molecular weight excluding hydrogens is 336 g/mol. The highest BCUT2D eigenvalue weighted by Crippen LogP contribution is 2.24. The first kappa shape index (κ1) is 15.8. The molecule has 1 heterocycles. The topological polar surface area (TPSA) is 69.6 Å². The Labute approximate surface area is 132 Å². The van der Waals surface area contributed by atoms with E-state index in [2.05, 4.69) is 21.2 Å². The van der Waals surface area contributed by atoms with Gasteiger partial charge in [0.2, 0.25) is 0 Å². The highest BCUT2D eigenvalue weighted by molar-refractivity contribution is 9.10. The van der Waals surface area contributed by atoms with Crippen LogP contribution >= 0.6 is 15.9 Å². The van der Waals surface area contributed by atoms with Crippen molar-refractivity contribution < 1.29 is 14.7 Å². The van der Waals surface area contributed by atoms with Crippen molar-refractivity contribution in [2.24, 2.45) is 5.92 Å². The van der Waals surface area contributed by atoms with Crippen LogP contribution in [-0.2, 0) is 4.79 Å². The van der Waals surface area contributed by atoms with Crippen molar-refractivity contribution in [2.45, 2.75) is 26.2 Å². The molecule has 0 spiro atoms. The van der Waals surface area contributed by atoms with E-state index >= 15 is 0 Å². The van der Waals surface area contributed by atoms with Gasteiger partial charge in [-0.05, 0) is 49.4 Å². The Balaban J connectivity index is 1.88. The van der Waals surface area contributed by atoms with E-state index in [9.17, 15) is 9.59 Å². The number of urea groups is 1. The van der Waals surface area contributed by atoms with Crippen LogP contribution in [0.5, 0.6) is 0 Å². The van der Waals surface area contributed by atoms with Crippen LogP contribution in [0.1, 0.15) is 24.8 Å². The summed E-state index contributed by atoms with van der Waals surface area (Å²) in [4.78, 5) is 24.6. The number of nitrogens with zero attached hydrogens (tertiary/aromatic N) is 1. The summed E-state index contributed by atoms with van der Waals surface area (Å²) in [7, 11) is 0. The molecule has 1 unspecified atom stereocenters. The van der Waals surface area contributed by atoms with E-state index in [1.165, 1.54) is 0 Å². The lowest BCUT2D eigenvalue weighted by Crippen LogP contribution is -2.33. The highest BCUT2D eigenvalue weighted by Gasteiger charge is 2.26. The van der Waals surface area contributed by atoms with Crippen LogP contribution in [-0.4, -0.2) is 35.1 Å². The standard InChI is InChI=1S/C15H19BrN2O3/c1-10-8-12(16)3-4-13(10)17-15(21)18-7-6-11(9-18)2-5-14(19)20/h3-4,8,11H,2,5-7,9H2,1H3,(H,17,21)(H,19,20). The van der Waals surface area contributed by atoms with Crippen molar-refractivity contribution in [3.63, 3.8) is 0 Å². The summed E-state index contributed by atoms with van der Waals surface area (Å²) in [6, 6.07) is 5.60. The molecule has 0 saturated carbocycles. The predicted molar refractivity (Wildman–Crippen MR) is 84.4 cm³/mol. The van der Waals surface area contributed by atoms with E-state index in [0.29, 0.717) is 19.5 Å². The smallest absolute Gasteiger partial charge is 0.321 e. The van der Waals surface area contributed by atoms with Crippen molar-refractivity contribution in [1.29, 1.82) is 0 Å². The van der Waals surface area contributed by atoms with Crippen molar-refractivity contribution in [2.75, 3.05) is 18.4 Å². The number of hydrogen-bond donors (Lipinski definition) is 2. The summed E-state index contributed by atoms with van der Waals surface area (Å²) in [5, 5.41) is 11.6. The number of carboxylic acids is 1. The summed E-state index contributed by atoms with van der Waals surface area (Å²) in [5.74, 6) is -0.485. The molecule has 0 radical (unpaired) electrons. The molecular formula is C15H19BrN2O3. The average Bonchev–Trinajstić information content (AvgIpc) is 2.88. The number of halogens is 1. The number of likely N-dealkylation sites (tertiary alicyclic amines) is 1. The van der Waals surface area contributed by atoms with Crippen LogP contribution in [0.3, 0.4) is 0 Å². The molecule has 0 bridgehead atoms. The maximum absolute atomic E-state index is 12.2. The Bertz CT molecular complexity index is 548. The molecule has 5 nitrogen and oxygen atoms in total. The third-order valence-electron chi connectivity index (χ3n) is 3.77. The van der Waals surface area contributed by atoms with Gasteiger partial charge in [0.25, 0.3) is 0 Å². The molecule has 1 aliphatic rings. The minimum Gasteiger partial charge on any atom is -0.481 e. The first-order chi connectivity index (χ1) is 9.95. The zero-order valence-electron chi connectivity index (χ0n) is 11.9. The van der Waals surface area contributed by atoms with E-state index in [4.69, 9.17) is 5.11 Å². The van der Waals surface area contributed by atoms with Crippen molar-refractivity contribution in [3.05, 3.63) is 28.2 Å². The van der Waals surface area contributed by atoms with Gasteiger partial charge in [0.15, 0.2) is 0 Å². The number of amides is 2. The normalized spacial score (nSPS) is 17.8. The first-order valence-corrected chi connectivity index (χ1v) is 7.79. The fourth-order valence-corrected chi connectivity index (χ4v) is 3.02. The molecule has 1 atom stereocenters. The van der Waals surface area contributed by atoms with Gasteiger partial charge >= 0.3 is 12.0 Å². The van der Waals surface area contributed by atoms with Crippen LogP contribution in [0.4, 0.5) is 10.5 Å². The molecule has 114 valence electrons. The molecule has 1 aromatic carbocycles. The average molecular weight is 355 g/mol. The molecule has 2 rings (SSSR count). The lowest BCUT2D eigenvalue weighted by Gasteiger charge is -2.18. The quantitative estimate of drug-likeness (QED) is 0.869. The molecule has 2 amide bonds. The Morgan fingerprint density at radius 3 is 2.90 bits per heavy atom. The van der Waals surface area contributed by atoms with E-state index in [-0.39, 0.29) is 18.4 Å². The number of rotatable bonds is 4. The lowest BCUT2D eigenvalue weighted by atomic mass is 10.0. The molecule has 0 aliphatic carbocycles. The largest absolute Gasteiger partial charge is 0.481 e. The summed E-state index contributed by atoms with van der Waals surface area (Å²) in [6.45, 7) is 3.26. The molecule has 1 fully saturated rings. The number of carbonyl (C=O) groups excluding carboxylic acids is 1.